The Kier molecular flexibility index (Phi) is 27.2. The van der Waals surface area contributed by atoms with Crippen molar-refractivity contribution in [1.29, 1.82) is 0 Å². The van der Waals surface area contributed by atoms with Crippen LogP contribution in [0.1, 0.15) is 182 Å². The first-order valence-corrected chi connectivity index (χ1v) is 14.9. The third kappa shape index (κ3) is 19.4. The summed E-state index contributed by atoms with van der Waals surface area (Å²) in [6, 6.07) is 0. The van der Waals surface area contributed by atoms with Crippen LogP contribution < -0.4 is 5.73 Å². The monoisotopic (exact) mass is 456 g/mol. The second-order valence-corrected chi connectivity index (χ2v) is 10.7. The molecule has 1 atom stereocenters. The maximum atomic E-state index is 7.11. The Morgan fingerprint density at radius 3 is 1.12 bits per heavy atom. The van der Waals surface area contributed by atoms with E-state index in [0.29, 0.717) is 0 Å². The summed E-state index contributed by atoms with van der Waals surface area (Å²) < 4.78 is 0. The molecule has 196 valence electrons. The van der Waals surface area contributed by atoms with Gasteiger partial charge in [-0.15, -0.1) is 0 Å². The zero-order chi connectivity index (χ0) is 23.0. The van der Waals surface area contributed by atoms with E-state index in [9.17, 15) is 0 Å². The summed E-state index contributed by atoms with van der Waals surface area (Å²) in [5.41, 5.74) is 7.22. The van der Waals surface area contributed by atoms with Crippen molar-refractivity contribution in [3.8, 4) is 0 Å². The Bertz CT molecular complexity index is 336. The summed E-state index contributed by atoms with van der Waals surface area (Å²) >= 11 is 0. The van der Waals surface area contributed by atoms with Crippen LogP contribution in [0.5, 0.6) is 0 Å². The van der Waals surface area contributed by atoms with Crippen LogP contribution in [-0.4, -0.2) is 11.0 Å². The lowest BCUT2D eigenvalue weighted by Gasteiger charge is -2.39. The van der Waals surface area contributed by atoms with Gasteiger partial charge in [-0.1, -0.05) is 156 Å². The van der Waals surface area contributed by atoms with Crippen molar-refractivity contribution in [1.82, 2.24) is 0 Å². The smallest absolute Gasteiger partial charge is 0.0182 e. The van der Waals surface area contributed by atoms with Crippen LogP contribution in [0.3, 0.4) is 0 Å². The molecule has 0 bridgehead atoms. The largest absolute Gasteiger partial charge is 0.412 e. The molecule has 0 aliphatic carbocycles. The van der Waals surface area contributed by atoms with Crippen molar-refractivity contribution in [3.05, 3.63) is 0 Å². The van der Waals surface area contributed by atoms with Gasteiger partial charge in [0.15, 0.2) is 0 Å². The summed E-state index contributed by atoms with van der Waals surface area (Å²) in [5, 5.41) is 0. The molecule has 2 heteroatoms. The van der Waals surface area contributed by atoms with E-state index in [-0.39, 0.29) is 11.0 Å². The molecular weight excluding hydrogens is 390 g/mol. The van der Waals surface area contributed by atoms with Crippen LogP contribution in [0.15, 0.2) is 0 Å². The first kappa shape index (κ1) is 34.1. The second kappa shape index (κ2) is 25.5. The van der Waals surface area contributed by atoms with Crippen molar-refractivity contribution < 1.29 is 5.48 Å². The van der Waals surface area contributed by atoms with Gasteiger partial charge in [-0.05, 0) is 31.6 Å². The van der Waals surface area contributed by atoms with Crippen molar-refractivity contribution in [2.24, 2.45) is 11.7 Å². The molecule has 0 aromatic carbocycles. The van der Waals surface area contributed by atoms with Crippen molar-refractivity contribution in [2.75, 3.05) is 0 Å². The number of nitrogens with two attached hydrogens (primary N) is 1. The Labute approximate surface area is 204 Å². The van der Waals surface area contributed by atoms with Gasteiger partial charge in [0.1, 0.15) is 0 Å². The van der Waals surface area contributed by atoms with E-state index in [1.807, 2.05) is 0 Å². The summed E-state index contributed by atoms with van der Waals surface area (Å²) in [6.45, 7) is 9.26. The maximum Gasteiger partial charge on any atom is 0.0182 e. The standard InChI is InChI=1S/C30H63N.H2O/c1-5-9-13-14-15-16-17-18-19-20-21-22-23-24-26-29(25-10-6-2)30(31,27-11-7-3)28-12-8-4;/h29H,5-28,31H2,1-4H3;1H2. The van der Waals surface area contributed by atoms with E-state index in [0.717, 1.165) is 5.92 Å². The predicted molar refractivity (Wildman–Crippen MR) is 148 cm³/mol. The molecule has 0 aromatic heterocycles. The average molecular weight is 456 g/mol. The predicted octanol–water partition coefficient (Wildman–Crippen LogP) is 9.92. The van der Waals surface area contributed by atoms with Gasteiger partial charge in [-0.2, -0.15) is 0 Å². The Hall–Kier alpha value is -0.0800. The van der Waals surface area contributed by atoms with Gasteiger partial charge in [0, 0.05) is 5.54 Å². The topological polar surface area (TPSA) is 57.5 Å². The minimum atomic E-state index is 0. The molecule has 0 aromatic rings. The molecule has 0 amide bonds. The molecule has 0 saturated carbocycles. The third-order valence-electron chi connectivity index (χ3n) is 7.62. The average Bonchev–Trinajstić information content (AvgIpc) is 2.78. The normalized spacial score (nSPS) is 12.7. The summed E-state index contributed by atoms with van der Waals surface area (Å²) in [6.07, 6.45) is 33.3. The molecule has 0 fully saturated rings. The Morgan fingerprint density at radius 1 is 0.438 bits per heavy atom. The summed E-state index contributed by atoms with van der Waals surface area (Å²) in [5.74, 6) is 0.753. The SMILES string of the molecule is CCCCCCCCCCCCCCCCC(CCCC)C(N)(CCCC)CCCC.O. The van der Waals surface area contributed by atoms with Crippen LogP contribution in [0.25, 0.3) is 0 Å². The first-order valence-electron chi connectivity index (χ1n) is 14.9. The van der Waals surface area contributed by atoms with E-state index in [1.54, 1.807) is 0 Å². The molecule has 2 nitrogen and oxygen atoms in total. The molecule has 0 aliphatic rings. The molecule has 0 saturated heterocycles. The third-order valence-corrected chi connectivity index (χ3v) is 7.62. The lowest BCUT2D eigenvalue weighted by atomic mass is 9.72. The number of hydrogen-bond acceptors (Lipinski definition) is 1. The minimum absolute atomic E-state index is 0. The quantitative estimate of drug-likeness (QED) is 0.137. The number of hydrogen-bond donors (Lipinski definition) is 1. The maximum absolute atomic E-state index is 7.11. The van der Waals surface area contributed by atoms with Crippen LogP contribution in [0.2, 0.25) is 0 Å². The minimum Gasteiger partial charge on any atom is -0.412 e. The van der Waals surface area contributed by atoms with E-state index >= 15 is 0 Å². The lowest BCUT2D eigenvalue weighted by molar-refractivity contribution is 0.193. The van der Waals surface area contributed by atoms with E-state index in [4.69, 9.17) is 5.73 Å². The van der Waals surface area contributed by atoms with Crippen LogP contribution >= 0.6 is 0 Å². The van der Waals surface area contributed by atoms with Crippen LogP contribution in [0.4, 0.5) is 0 Å². The zero-order valence-corrected chi connectivity index (χ0v) is 23.1. The van der Waals surface area contributed by atoms with E-state index in [1.165, 1.54) is 154 Å². The van der Waals surface area contributed by atoms with Gasteiger partial charge in [0.2, 0.25) is 0 Å². The Morgan fingerprint density at radius 2 is 0.750 bits per heavy atom. The fourth-order valence-corrected chi connectivity index (χ4v) is 5.30. The van der Waals surface area contributed by atoms with E-state index < -0.39 is 0 Å². The molecule has 0 aliphatic heterocycles. The van der Waals surface area contributed by atoms with Gasteiger partial charge in [-0.25, -0.2) is 0 Å². The highest BCUT2D eigenvalue weighted by atomic mass is 16.0. The Balaban J connectivity index is 0. The van der Waals surface area contributed by atoms with Gasteiger partial charge in [0.25, 0.3) is 0 Å². The van der Waals surface area contributed by atoms with Gasteiger partial charge in [-0.3, -0.25) is 0 Å². The second-order valence-electron chi connectivity index (χ2n) is 10.7. The number of rotatable bonds is 25. The van der Waals surface area contributed by atoms with Gasteiger partial charge < -0.3 is 11.2 Å². The highest BCUT2D eigenvalue weighted by Crippen LogP contribution is 2.34. The fraction of sp³-hybridized carbons (Fsp3) is 1.00. The van der Waals surface area contributed by atoms with E-state index in [2.05, 4.69) is 27.7 Å². The highest BCUT2D eigenvalue weighted by Gasteiger charge is 2.32. The number of unbranched alkanes of at least 4 members (excludes halogenated alkanes) is 16. The van der Waals surface area contributed by atoms with Crippen molar-refractivity contribution in [2.45, 2.75) is 187 Å². The molecule has 1 unspecified atom stereocenters. The fourth-order valence-electron chi connectivity index (χ4n) is 5.30. The molecule has 0 spiro atoms. The van der Waals surface area contributed by atoms with Gasteiger partial charge >= 0.3 is 0 Å². The van der Waals surface area contributed by atoms with Crippen LogP contribution in [0, 0.1) is 5.92 Å². The van der Waals surface area contributed by atoms with Crippen molar-refractivity contribution in [3.63, 3.8) is 0 Å². The lowest BCUT2D eigenvalue weighted by Crippen LogP contribution is -2.47. The molecule has 32 heavy (non-hydrogen) atoms. The molecule has 0 heterocycles. The first-order chi connectivity index (χ1) is 15.1. The van der Waals surface area contributed by atoms with Crippen LogP contribution in [-0.2, 0) is 0 Å². The molecule has 0 radical (unpaired) electrons. The van der Waals surface area contributed by atoms with Gasteiger partial charge in [0.05, 0.1) is 0 Å². The summed E-state index contributed by atoms with van der Waals surface area (Å²) in [7, 11) is 0. The zero-order valence-electron chi connectivity index (χ0n) is 23.1. The molecular formula is C30H65NO. The molecule has 0 rings (SSSR count). The van der Waals surface area contributed by atoms with Crippen molar-refractivity contribution >= 4 is 0 Å². The summed E-state index contributed by atoms with van der Waals surface area (Å²) in [4.78, 5) is 0. The highest BCUT2D eigenvalue weighted by molar-refractivity contribution is 4.91. The molecule has 4 N–H and O–H groups in total.